The molecule has 0 aromatic heterocycles. The molecule has 0 aliphatic heterocycles. The van der Waals surface area contributed by atoms with E-state index in [4.69, 9.17) is 19.9 Å². The molecule has 6 heteroatoms. The molecular weight excluding hydrogens is 464 g/mol. The van der Waals surface area contributed by atoms with E-state index in [-0.39, 0.29) is 17.5 Å². The van der Waals surface area contributed by atoms with Crippen molar-refractivity contribution in [3.05, 3.63) is 82.8 Å². The van der Waals surface area contributed by atoms with Crippen LogP contribution in [0.1, 0.15) is 43.9 Å². The molecule has 0 fully saturated rings. The van der Waals surface area contributed by atoms with Crippen molar-refractivity contribution in [3.63, 3.8) is 0 Å². The molecule has 6 nitrogen and oxygen atoms in total. The second-order valence-corrected chi connectivity index (χ2v) is 11.0. The van der Waals surface area contributed by atoms with Crippen molar-refractivity contribution in [1.82, 2.24) is 4.90 Å². The van der Waals surface area contributed by atoms with Gasteiger partial charge in [-0.2, -0.15) is 0 Å². The number of ether oxygens (including phenoxy) is 3. The summed E-state index contributed by atoms with van der Waals surface area (Å²) in [5.74, 6) is 3.53. The van der Waals surface area contributed by atoms with Crippen molar-refractivity contribution in [1.29, 1.82) is 0 Å². The highest BCUT2D eigenvalue weighted by Crippen LogP contribution is 2.39. The Labute approximate surface area is 221 Å². The fourth-order valence-electron chi connectivity index (χ4n) is 5.53. The molecule has 0 amide bonds. The molecule has 4 rings (SSSR count). The van der Waals surface area contributed by atoms with Gasteiger partial charge in [-0.05, 0) is 98.7 Å². The number of aryl methyl sites for hydroxylation is 1. The van der Waals surface area contributed by atoms with Crippen molar-refractivity contribution >= 4 is 0 Å². The number of nitrogens with zero attached hydrogens (tertiary/aromatic N) is 1. The largest absolute Gasteiger partial charge is 0.508 e. The van der Waals surface area contributed by atoms with Crippen LogP contribution in [0, 0.1) is 11.8 Å². The maximum Gasteiger partial charge on any atom is 0.158 e. The fourth-order valence-corrected chi connectivity index (χ4v) is 5.53. The lowest BCUT2D eigenvalue weighted by Crippen LogP contribution is -2.44. The van der Waals surface area contributed by atoms with Crippen LogP contribution >= 0.6 is 0 Å². The van der Waals surface area contributed by atoms with Gasteiger partial charge in [0.15, 0.2) is 11.5 Å². The molecular formula is C31H42N2O4. The summed E-state index contributed by atoms with van der Waals surface area (Å²) >= 11 is 0. The first-order chi connectivity index (χ1) is 17.7. The Hall–Kier alpha value is -2.96. The van der Waals surface area contributed by atoms with Crippen LogP contribution < -0.4 is 10.5 Å². The number of fused-ring (bicyclic) bond motifs is 1. The van der Waals surface area contributed by atoms with Crippen LogP contribution in [0.4, 0.5) is 0 Å². The van der Waals surface area contributed by atoms with Gasteiger partial charge in [-0.15, -0.1) is 0 Å². The molecule has 0 saturated heterocycles. The lowest BCUT2D eigenvalue weighted by molar-refractivity contribution is 0.132. The molecule has 3 atom stereocenters. The van der Waals surface area contributed by atoms with E-state index in [2.05, 4.69) is 42.2 Å². The van der Waals surface area contributed by atoms with E-state index >= 15 is 0 Å². The van der Waals surface area contributed by atoms with E-state index in [1.54, 1.807) is 20.3 Å². The molecule has 0 radical (unpaired) electrons. The zero-order chi connectivity index (χ0) is 26.6. The normalized spacial score (nSPS) is 21.6. The third-order valence-corrected chi connectivity index (χ3v) is 7.49. The van der Waals surface area contributed by atoms with Crippen LogP contribution in [-0.2, 0) is 28.9 Å². The molecule has 0 spiro atoms. The standard InChI is InChI=1S/C31H42N2O4/c1-6-33(19-21-7-13-26(14-8-21)37-20-31(2,3)32)28-18-30(36-5)29(35-4)17-27(28)24-10-9-23-16-25(34)12-11-22(23)15-24/h7-8,11-14,16-18,24,27-28,34H,6,9-10,15,19-20,32H2,1-5H3/t24-,27?,28?/m1/s1. The number of aromatic hydroxyl groups is 1. The Balaban J connectivity index is 1.55. The van der Waals surface area contributed by atoms with Crippen LogP contribution in [0.5, 0.6) is 11.5 Å². The monoisotopic (exact) mass is 506 g/mol. The fraction of sp³-hybridized carbons (Fsp3) is 0.484. The van der Waals surface area contributed by atoms with Crippen LogP contribution in [-0.4, -0.2) is 49.0 Å². The third-order valence-electron chi connectivity index (χ3n) is 7.49. The van der Waals surface area contributed by atoms with Crippen LogP contribution in [0.15, 0.2) is 66.1 Å². The summed E-state index contributed by atoms with van der Waals surface area (Å²) in [7, 11) is 3.42. The first-order valence-electron chi connectivity index (χ1n) is 13.3. The molecule has 2 unspecified atom stereocenters. The van der Waals surface area contributed by atoms with Gasteiger partial charge in [-0.25, -0.2) is 0 Å². The number of phenols is 1. The van der Waals surface area contributed by atoms with Gasteiger partial charge in [0.1, 0.15) is 18.1 Å². The average molecular weight is 507 g/mol. The van der Waals surface area contributed by atoms with Crippen molar-refractivity contribution in [2.45, 2.75) is 58.2 Å². The van der Waals surface area contributed by atoms with Crippen LogP contribution in [0.2, 0.25) is 0 Å². The Kier molecular flexibility index (Phi) is 8.50. The molecule has 2 aromatic carbocycles. The minimum atomic E-state index is -0.367. The number of hydrogen-bond acceptors (Lipinski definition) is 6. The van der Waals surface area contributed by atoms with Gasteiger partial charge in [0.05, 0.1) is 14.2 Å². The number of hydrogen-bond donors (Lipinski definition) is 2. The minimum absolute atomic E-state index is 0.177. The van der Waals surface area contributed by atoms with Crippen molar-refractivity contribution < 1.29 is 19.3 Å². The number of benzene rings is 2. The summed E-state index contributed by atoms with van der Waals surface area (Å²) < 4.78 is 17.3. The molecule has 2 aromatic rings. The van der Waals surface area contributed by atoms with Gasteiger partial charge in [0, 0.05) is 24.0 Å². The zero-order valence-electron chi connectivity index (χ0n) is 22.9. The first-order valence-corrected chi connectivity index (χ1v) is 13.3. The molecule has 0 bridgehead atoms. The summed E-state index contributed by atoms with van der Waals surface area (Å²) in [5, 5.41) is 9.93. The Morgan fingerprint density at radius 3 is 2.35 bits per heavy atom. The smallest absolute Gasteiger partial charge is 0.158 e. The number of nitrogens with two attached hydrogens (primary N) is 1. The number of phenolic OH excluding ortho intramolecular Hbond substituents is 1. The van der Waals surface area contributed by atoms with Crippen molar-refractivity contribution in [2.24, 2.45) is 17.6 Å². The van der Waals surface area contributed by atoms with Gasteiger partial charge < -0.3 is 25.1 Å². The molecule has 0 saturated carbocycles. The molecule has 37 heavy (non-hydrogen) atoms. The highest BCUT2D eigenvalue weighted by Gasteiger charge is 2.37. The summed E-state index contributed by atoms with van der Waals surface area (Å²) in [6, 6.07) is 14.3. The lowest BCUT2D eigenvalue weighted by Gasteiger charge is -2.41. The van der Waals surface area contributed by atoms with Gasteiger partial charge >= 0.3 is 0 Å². The van der Waals surface area contributed by atoms with Gasteiger partial charge in [0.2, 0.25) is 0 Å². The lowest BCUT2D eigenvalue weighted by atomic mass is 9.72. The van der Waals surface area contributed by atoms with Gasteiger partial charge in [0.25, 0.3) is 0 Å². The molecule has 3 N–H and O–H groups in total. The zero-order valence-corrected chi connectivity index (χ0v) is 22.9. The van der Waals surface area contributed by atoms with E-state index < -0.39 is 0 Å². The molecule has 2 aliphatic carbocycles. The summed E-state index contributed by atoms with van der Waals surface area (Å²) in [6.45, 7) is 8.33. The summed E-state index contributed by atoms with van der Waals surface area (Å²) in [4.78, 5) is 2.51. The summed E-state index contributed by atoms with van der Waals surface area (Å²) in [6.07, 6.45) is 7.54. The van der Waals surface area contributed by atoms with Crippen molar-refractivity contribution in [2.75, 3.05) is 27.4 Å². The van der Waals surface area contributed by atoms with Crippen LogP contribution in [0.3, 0.4) is 0 Å². The van der Waals surface area contributed by atoms with Gasteiger partial charge in [-0.1, -0.05) is 25.1 Å². The third kappa shape index (κ3) is 6.68. The van der Waals surface area contributed by atoms with E-state index in [1.807, 2.05) is 32.0 Å². The van der Waals surface area contributed by atoms with E-state index in [9.17, 15) is 5.11 Å². The molecule has 0 heterocycles. The second-order valence-electron chi connectivity index (χ2n) is 11.0. The minimum Gasteiger partial charge on any atom is -0.508 e. The predicted octanol–water partition coefficient (Wildman–Crippen LogP) is 5.19. The maximum absolute atomic E-state index is 9.93. The molecule has 200 valence electrons. The summed E-state index contributed by atoms with van der Waals surface area (Å²) in [5.41, 5.74) is 9.52. The number of likely N-dealkylation sites (N-methyl/N-ethyl adjacent to an activating group) is 1. The van der Waals surface area contributed by atoms with E-state index in [0.29, 0.717) is 18.3 Å². The quantitative estimate of drug-likeness (QED) is 0.462. The second kappa shape index (κ2) is 11.6. The Morgan fingerprint density at radius 1 is 1.00 bits per heavy atom. The first kappa shape index (κ1) is 27.1. The maximum atomic E-state index is 9.93. The highest BCUT2D eigenvalue weighted by atomic mass is 16.5. The van der Waals surface area contributed by atoms with E-state index in [0.717, 1.165) is 49.6 Å². The SMILES string of the molecule is CCN(Cc1ccc(OCC(C)(C)N)cc1)C1C=C(OC)C(OC)=CC1[C@@H]1CCc2cc(O)ccc2C1. The predicted molar refractivity (Wildman–Crippen MR) is 147 cm³/mol. The number of rotatable bonds is 10. The van der Waals surface area contributed by atoms with Gasteiger partial charge in [-0.3, -0.25) is 4.90 Å². The van der Waals surface area contributed by atoms with E-state index in [1.165, 1.54) is 16.7 Å². The van der Waals surface area contributed by atoms with Crippen molar-refractivity contribution in [3.8, 4) is 11.5 Å². The Morgan fingerprint density at radius 2 is 1.70 bits per heavy atom. The molecule has 2 aliphatic rings. The number of methoxy groups -OCH3 is 2. The average Bonchev–Trinajstić information content (AvgIpc) is 2.89. The highest BCUT2D eigenvalue weighted by molar-refractivity contribution is 5.38. The van der Waals surface area contributed by atoms with Crippen LogP contribution in [0.25, 0.3) is 0 Å². The topological polar surface area (TPSA) is 77.2 Å². The Bertz CT molecular complexity index is 1120.